The molecule has 0 aromatic rings. The molecule has 0 aliphatic heterocycles. The monoisotopic (exact) mass is 195 g/mol. The van der Waals surface area contributed by atoms with Crippen molar-refractivity contribution in [3.05, 3.63) is 0 Å². The van der Waals surface area contributed by atoms with E-state index in [-0.39, 0.29) is 17.5 Å². The third-order valence-corrected chi connectivity index (χ3v) is 3.30. The Kier molecular flexibility index (Phi) is 2.09. The van der Waals surface area contributed by atoms with E-state index < -0.39 is 0 Å². The molecule has 0 unspecified atom stereocenters. The van der Waals surface area contributed by atoms with Crippen molar-refractivity contribution in [3.8, 4) is 0 Å². The summed E-state index contributed by atoms with van der Waals surface area (Å²) in [4.78, 5) is 8.21. The Bertz CT molecular complexity index is 282. The fourth-order valence-corrected chi connectivity index (χ4v) is 2.72. The van der Waals surface area contributed by atoms with Crippen LogP contribution in [0.2, 0.25) is 0 Å². The first kappa shape index (κ1) is 9.30. The molecule has 0 amide bonds. The molecule has 0 radical (unpaired) electrons. The Labute approximate surface area is 83.5 Å². The normalized spacial score (nSPS) is 36.0. The first-order valence-corrected chi connectivity index (χ1v) is 5.05. The zero-order valence-corrected chi connectivity index (χ0v) is 8.24. The van der Waals surface area contributed by atoms with E-state index in [0.29, 0.717) is 0 Å². The lowest BCUT2D eigenvalue weighted by Gasteiger charge is -2.21. The van der Waals surface area contributed by atoms with E-state index >= 15 is 0 Å². The minimum absolute atomic E-state index is 0.0183. The summed E-state index contributed by atoms with van der Waals surface area (Å²) in [5.74, 6) is 1.06. The van der Waals surface area contributed by atoms with Gasteiger partial charge in [-0.15, -0.1) is 0 Å². The standard InChI is InChI=1S/C9H17N5/c10-7(11)13-8(12)14-9-3-1-6(5-9)2-4-9/h6H,1-5H2,(H6,10,11,12,13,14). The third-order valence-electron chi connectivity index (χ3n) is 3.30. The Balaban J connectivity index is 2.12. The van der Waals surface area contributed by atoms with Gasteiger partial charge in [0.25, 0.3) is 0 Å². The summed E-state index contributed by atoms with van der Waals surface area (Å²) in [5, 5.41) is 0. The molecule has 0 spiro atoms. The lowest BCUT2D eigenvalue weighted by molar-refractivity contribution is 0.421. The number of fused-ring (bicyclic) bond motifs is 2. The minimum atomic E-state index is -0.0183. The second-order valence-electron chi connectivity index (χ2n) is 4.38. The number of hydrogen-bond donors (Lipinski definition) is 3. The molecule has 0 saturated heterocycles. The fourth-order valence-electron chi connectivity index (χ4n) is 2.72. The van der Waals surface area contributed by atoms with Gasteiger partial charge in [0.05, 0.1) is 5.54 Å². The second-order valence-corrected chi connectivity index (χ2v) is 4.38. The van der Waals surface area contributed by atoms with Gasteiger partial charge in [-0.25, -0.2) is 4.99 Å². The van der Waals surface area contributed by atoms with Crippen LogP contribution in [0.3, 0.4) is 0 Å². The maximum Gasteiger partial charge on any atom is 0.219 e. The fraction of sp³-hybridized carbons (Fsp3) is 0.778. The van der Waals surface area contributed by atoms with Crippen molar-refractivity contribution >= 4 is 11.9 Å². The molecular weight excluding hydrogens is 178 g/mol. The van der Waals surface area contributed by atoms with Crippen molar-refractivity contribution in [3.63, 3.8) is 0 Å². The number of rotatable bonds is 1. The Morgan fingerprint density at radius 2 is 1.79 bits per heavy atom. The molecule has 2 saturated carbocycles. The molecule has 2 fully saturated rings. The molecule has 0 atom stereocenters. The predicted molar refractivity (Wildman–Crippen MR) is 56.7 cm³/mol. The molecule has 5 heteroatoms. The zero-order chi connectivity index (χ0) is 10.2. The van der Waals surface area contributed by atoms with Crippen LogP contribution in [0, 0.1) is 5.92 Å². The van der Waals surface area contributed by atoms with Gasteiger partial charge in [0.2, 0.25) is 5.96 Å². The summed E-state index contributed by atoms with van der Waals surface area (Å²) >= 11 is 0. The van der Waals surface area contributed by atoms with Crippen LogP contribution in [0.15, 0.2) is 9.98 Å². The lowest BCUT2D eigenvalue weighted by atomic mass is 9.95. The van der Waals surface area contributed by atoms with E-state index in [1.54, 1.807) is 0 Å². The van der Waals surface area contributed by atoms with Crippen molar-refractivity contribution < 1.29 is 0 Å². The van der Waals surface area contributed by atoms with Crippen LogP contribution in [-0.4, -0.2) is 17.5 Å². The lowest BCUT2D eigenvalue weighted by Crippen LogP contribution is -2.29. The van der Waals surface area contributed by atoms with Gasteiger partial charge in [-0.05, 0) is 38.0 Å². The van der Waals surface area contributed by atoms with E-state index in [1.807, 2.05) is 0 Å². The number of aliphatic imine (C=N–C) groups is 2. The zero-order valence-electron chi connectivity index (χ0n) is 8.24. The highest BCUT2D eigenvalue weighted by Crippen LogP contribution is 2.50. The van der Waals surface area contributed by atoms with Gasteiger partial charge in [-0.1, -0.05) is 0 Å². The Morgan fingerprint density at radius 3 is 2.21 bits per heavy atom. The molecule has 0 heterocycles. The Morgan fingerprint density at radius 1 is 1.14 bits per heavy atom. The van der Waals surface area contributed by atoms with Crippen LogP contribution in [0.5, 0.6) is 0 Å². The van der Waals surface area contributed by atoms with Crippen LogP contribution in [-0.2, 0) is 0 Å². The SMILES string of the molecule is NC(N)=NC(N)=NC12CCC(CC1)C2. The summed E-state index contributed by atoms with van der Waals surface area (Å²) < 4.78 is 0. The molecule has 0 aromatic heterocycles. The molecule has 2 aliphatic carbocycles. The summed E-state index contributed by atoms with van der Waals surface area (Å²) in [5.41, 5.74) is 16.2. The van der Waals surface area contributed by atoms with Crippen molar-refractivity contribution in [2.75, 3.05) is 0 Å². The van der Waals surface area contributed by atoms with Crippen molar-refractivity contribution in [1.29, 1.82) is 0 Å². The van der Waals surface area contributed by atoms with E-state index in [9.17, 15) is 0 Å². The maximum atomic E-state index is 5.64. The van der Waals surface area contributed by atoms with Gasteiger partial charge < -0.3 is 17.2 Å². The minimum Gasteiger partial charge on any atom is -0.370 e. The largest absolute Gasteiger partial charge is 0.370 e. The highest BCUT2D eigenvalue weighted by atomic mass is 15.1. The van der Waals surface area contributed by atoms with Crippen molar-refractivity contribution in [2.45, 2.75) is 37.6 Å². The van der Waals surface area contributed by atoms with Crippen LogP contribution < -0.4 is 17.2 Å². The maximum absolute atomic E-state index is 5.64. The number of nitrogens with zero attached hydrogens (tertiary/aromatic N) is 2. The second kappa shape index (κ2) is 3.15. The number of guanidine groups is 2. The molecular formula is C9H17N5. The quantitative estimate of drug-likeness (QED) is 0.402. The van der Waals surface area contributed by atoms with E-state index in [1.165, 1.54) is 12.8 Å². The van der Waals surface area contributed by atoms with Crippen molar-refractivity contribution in [2.24, 2.45) is 33.1 Å². The van der Waals surface area contributed by atoms with Crippen LogP contribution in [0.4, 0.5) is 0 Å². The van der Waals surface area contributed by atoms with E-state index in [0.717, 1.165) is 25.2 Å². The summed E-state index contributed by atoms with van der Waals surface area (Å²) in [6, 6.07) is 0. The topological polar surface area (TPSA) is 103 Å². The molecule has 2 rings (SSSR count). The van der Waals surface area contributed by atoms with Gasteiger partial charge in [0.15, 0.2) is 5.96 Å². The van der Waals surface area contributed by atoms with Crippen LogP contribution in [0.25, 0.3) is 0 Å². The smallest absolute Gasteiger partial charge is 0.219 e. The highest BCUT2D eigenvalue weighted by molar-refractivity contribution is 5.92. The van der Waals surface area contributed by atoms with E-state index in [2.05, 4.69) is 9.98 Å². The van der Waals surface area contributed by atoms with Gasteiger partial charge in [-0.2, -0.15) is 4.99 Å². The number of hydrogen-bond acceptors (Lipinski definition) is 1. The molecule has 78 valence electrons. The molecule has 6 N–H and O–H groups in total. The van der Waals surface area contributed by atoms with Gasteiger partial charge in [0, 0.05) is 0 Å². The molecule has 14 heavy (non-hydrogen) atoms. The van der Waals surface area contributed by atoms with Gasteiger partial charge in [0.1, 0.15) is 0 Å². The first-order valence-electron chi connectivity index (χ1n) is 5.05. The molecule has 5 nitrogen and oxygen atoms in total. The number of nitrogens with two attached hydrogens (primary N) is 3. The third kappa shape index (κ3) is 1.66. The predicted octanol–water partition coefficient (Wildman–Crippen LogP) is -0.0928. The average molecular weight is 195 g/mol. The molecule has 2 bridgehead atoms. The van der Waals surface area contributed by atoms with Crippen LogP contribution >= 0.6 is 0 Å². The van der Waals surface area contributed by atoms with E-state index in [4.69, 9.17) is 17.2 Å². The first-order chi connectivity index (χ1) is 6.60. The van der Waals surface area contributed by atoms with Gasteiger partial charge in [-0.3, -0.25) is 0 Å². The van der Waals surface area contributed by atoms with Gasteiger partial charge >= 0.3 is 0 Å². The Hall–Kier alpha value is -1.26. The summed E-state index contributed by atoms with van der Waals surface area (Å²) in [7, 11) is 0. The van der Waals surface area contributed by atoms with Crippen molar-refractivity contribution in [1.82, 2.24) is 0 Å². The average Bonchev–Trinajstić information content (AvgIpc) is 2.60. The molecule has 0 aromatic carbocycles. The summed E-state index contributed by atoms with van der Waals surface area (Å²) in [6.45, 7) is 0. The van der Waals surface area contributed by atoms with Crippen LogP contribution in [0.1, 0.15) is 32.1 Å². The summed E-state index contributed by atoms with van der Waals surface area (Å²) in [6.07, 6.45) is 5.99. The highest BCUT2D eigenvalue weighted by Gasteiger charge is 2.44. The molecule has 2 aliphatic rings.